The van der Waals surface area contributed by atoms with Crippen LogP contribution < -0.4 is 10.6 Å². The number of alkyl carbamates (subject to hydrolysis) is 2. The van der Waals surface area contributed by atoms with Crippen LogP contribution in [0.15, 0.2) is 60.8 Å². The zero-order chi connectivity index (χ0) is 45.8. The number of imidazole rings is 2. The predicted octanol–water partition coefficient (Wildman–Crippen LogP) is 8.77. The minimum absolute atomic E-state index is 0.0181. The number of carbonyl (C=O) groups excluding carboxylic acids is 4. The summed E-state index contributed by atoms with van der Waals surface area (Å²) in [6.07, 6.45) is 4.10. The number of amides is 4. The zero-order valence-electron chi connectivity index (χ0n) is 38.4. The molecule has 0 aliphatic carbocycles. The molecule has 4 N–H and O–H groups in total. The number of aromatic amines is 2. The van der Waals surface area contributed by atoms with Crippen molar-refractivity contribution in [2.24, 2.45) is 23.7 Å². The van der Waals surface area contributed by atoms with Crippen molar-refractivity contribution < 1.29 is 33.4 Å². The molecule has 0 saturated carbocycles. The van der Waals surface area contributed by atoms with Gasteiger partial charge in [-0.15, -0.1) is 0 Å². The second-order valence-corrected chi connectivity index (χ2v) is 19.2. The summed E-state index contributed by atoms with van der Waals surface area (Å²) < 4.78 is 16.2. The standard InChI is InChI=1S/C50H60N8O7/c1-25(2)43(55-49(61)63-7)47(59)57-23-27(5)19-37(57)45-51-22-36(54-45)30-11-9-29(10-12-30)32-14-15-33(42-40-18-17-39(65-40)41(32)42)31-13-16-34-35(21-31)53-46(52-34)38-20-28(6)24-58(38)48(60)44(26(3)4)56-50(62)64-8/h9-16,21-22,25-28,37-40,43-44H,17-20,23-24H2,1-8H3,(H,51,54)(H,52,53)(H,55,61)(H,56,62)/t27-,28-,37-,38-,39?,40?,43-,44-/m0/s1. The lowest BCUT2D eigenvalue weighted by atomic mass is 9.81. The van der Waals surface area contributed by atoms with Crippen molar-refractivity contribution in [1.29, 1.82) is 0 Å². The molecule has 6 heterocycles. The summed E-state index contributed by atoms with van der Waals surface area (Å²) in [5.41, 5.74) is 10.5. The number of nitrogens with one attached hydrogen (secondary N) is 4. The van der Waals surface area contributed by atoms with Gasteiger partial charge in [-0.2, -0.15) is 0 Å². The van der Waals surface area contributed by atoms with E-state index in [-0.39, 0.29) is 59.8 Å². The molecule has 15 heteroatoms. The van der Waals surface area contributed by atoms with Gasteiger partial charge in [0.2, 0.25) is 11.8 Å². The minimum Gasteiger partial charge on any atom is -0.453 e. The number of hydrogen-bond acceptors (Lipinski definition) is 9. The Bertz CT molecular complexity index is 2620. The molecular formula is C50H60N8O7. The number of aromatic nitrogens is 4. The van der Waals surface area contributed by atoms with Crippen LogP contribution in [0.2, 0.25) is 0 Å². The van der Waals surface area contributed by atoms with Crippen molar-refractivity contribution in [2.45, 2.75) is 104 Å². The number of rotatable bonds is 11. The van der Waals surface area contributed by atoms with Gasteiger partial charge >= 0.3 is 12.2 Å². The quantitative estimate of drug-likeness (QED) is 0.101. The highest BCUT2D eigenvalue weighted by molar-refractivity contribution is 5.89. The number of methoxy groups -OCH3 is 2. The first-order valence-electron chi connectivity index (χ1n) is 23.0. The maximum Gasteiger partial charge on any atom is 0.407 e. The van der Waals surface area contributed by atoms with Crippen LogP contribution in [0.4, 0.5) is 9.59 Å². The third kappa shape index (κ3) is 8.23. The molecule has 3 aromatic carbocycles. The fraction of sp³-hybridized carbons (Fsp3) is 0.480. The molecule has 2 bridgehead atoms. The Morgan fingerprint density at radius 2 is 1.20 bits per heavy atom. The van der Waals surface area contributed by atoms with Crippen LogP contribution in [0.5, 0.6) is 0 Å². The van der Waals surface area contributed by atoms with E-state index in [1.807, 2.05) is 49.8 Å². The van der Waals surface area contributed by atoms with Crippen LogP contribution >= 0.6 is 0 Å². The summed E-state index contributed by atoms with van der Waals surface area (Å²) in [5, 5.41) is 5.47. The molecule has 9 rings (SSSR count). The molecule has 8 atom stereocenters. The summed E-state index contributed by atoms with van der Waals surface area (Å²) in [6.45, 7) is 13.1. The van der Waals surface area contributed by atoms with E-state index in [4.69, 9.17) is 24.2 Å². The Morgan fingerprint density at radius 3 is 1.74 bits per heavy atom. The summed E-state index contributed by atoms with van der Waals surface area (Å²) in [6, 6.07) is 17.4. The largest absolute Gasteiger partial charge is 0.453 e. The molecular weight excluding hydrogens is 825 g/mol. The third-order valence-electron chi connectivity index (χ3n) is 13.9. The molecule has 5 aromatic rings. The summed E-state index contributed by atoms with van der Waals surface area (Å²) in [7, 11) is 2.60. The lowest BCUT2D eigenvalue weighted by molar-refractivity contribution is -0.136. The minimum atomic E-state index is -0.711. The number of hydrogen-bond donors (Lipinski definition) is 4. The second kappa shape index (κ2) is 17.6. The average Bonchev–Trinajstić information content (AvgIpc) is 4.17. The van der Waals surface area contributed by atoms with Gasteiger partial charge in [0, 0.05) is 13.1 Å². The third-order valence-corrected chi connectivity index (χ3v) is 13.9. The maximum atomic E-state index is 13.9. The molecule has 4 aliphatic heterocycles. The van der Waals surface area contributed by atoms with Crippen LogP contribution in [-0.2, 0) is 23.8 Å². The van der Waals surface area contributed by atoms with Crippen molar-refractivity contribution in [3.8, 4) is 33.5 Å². The van der Waals surface area contributed by atoms with E-state index < -0.39 is 24.3 Å². The fourth-order valence-corrected chi connectivity index (χ4v) is 10.6. The first-order valence-corrected chi connectivity index (χ1v) is 23.0. The van der Waals surface area contributed by atoms with Crippen LogP contribution in [0.3, 0.4) is 0 Å². The highest BCUT2D eigenvalue weighted by Crippen LogP contribution is 2.56. The van der Waals surface area contributed by atoms with Crippen molar-refractivity contribution in [3.63, 3.8) is 0 Å². The normalized spacial score (nSPS) is 23.3. The van der Waals surface area contributed by atoms with Crippen molar-refractivity contribution >= 4 is 35.0 Å². The van der Waals surface area contributed by atoms with Crippen molar-refractivity contribution in [3.05, 3.63) is 83.6 Å². The van der Waals surface area contributed by atoms with Crippen LogP contribution in [0, 0.1) is 23.7 Å². The van der Waals surface area contributed by atoms with E-state index >= 15 is 0 Å². The van der Waals surface area contributed by atoms with Gasteiger partial charge < -0.3 is 44.6 Å². The predicted molar refractivity (Wildman–Crippen MR) is 245 cm³/mol. The second-order valence-electron chi connectivity index (χ2n) is 19.2. The molecule has 3 fully saturated rings. The Balaban J connectivity index is 0.959. The van der Waals surface area contributed by atoms with Gasteiger partial charge in [0.05, 0.1) is 61.4 Å². The number of carbonyl (C=O) groups is 4. The Kier molecular flexibility index (Phi) is 11.9. The van der Waals surface area contributed by atoms with Gasteiger partial charge in [-0.25, -0.2) is 19.6 Å². The molecule has 3 saturated heterocycles. The van der Waals surface area contributed by atoms with E-state index in [0.717, 1.165) is 81.9 Å². The van der Waals surface area contributed by atoms with Crippen molar-refractivity contribution in [2.75, 3.05) is 27.3 Å². The maximum absolute atomic E-state index is 13.9. The highest BCUT2D eigenvalue weighted by atomic mass is 16.5. The van der Waals surface area contributed by atoms with Gasteiger partial charge in [0.1, 0.15) is 23.7 Å². The lowest BCUT2D eigenvalue weighted by Gasteiger charge is -2.30. The van der Waals surface area contributed by atoms with Gasteiger partial charge in [0.25, 0.3) is 0 Å². The number of ether oxygens (including phenoxy) is 3. The molecule has 4 aliphatic rings. The van der Waals surface area contributed by atoms with Crippen molar-refractivity contribution in [1.82, 2.24) is 40.4 Å². The van der Waals surface area contributed by atoms with E-state index in [1.54, 1.807) is 0 Å². The first kappa shape index (κ1) is 44.0. The number of H-pyrrole nitrogens is 2. The summed E-state index contributed by atoms with van der Waals surface area (Å²) in [5.74, 6) is 1.48. The number of nitrogens with zero attached hydrogens (tertiary/aromatic N) is 4. The van der Waals surface area contributed by atoms with Gasteiger partial charge in [-0.1, -0.05) is 84.0 Å². The van der Waals surface area contributed by atoms with Gasteiger partial charge in [-0.05, 0) is 100 Å². The molecule has 0 radical (unpaired) electrons. The molecule has 0 spiro atoms. The van der Waals surface area contributed by atoms with E-state index in [0.29, 0.717) is 13.1 Å². The van der Waals surface area contributed by atoms with E-state index in [9.17, 15) is 19.2 Å². The van der Waals surface area contributed by atoms with Crippen LogP contribution in [-0.4, -0.2) is 93.1 Å². The zero-order valence-corrected chi connectivity index (χ0v) is 38.4. The van der Waals surface area contributed by atoms with E-state index in [1.165, 1.54) is 25.3 Å². The number of likely N-dealkylation sites (tertiary alicyclic amines) is 2. The van der Waals surface area contributed by atoms with Crippen LogP contribution in [0.25, 0.3) is 44.5 Å². The summed E-state index contributed by atoms with van der Waals surface area (Å²) in [4.78, 5) is 72.6. The smallest absolute Gasteiger partial charge is 0.407 e. The van der Waals surface area contributed by atoms with E-state index in [2.05, 4.69) is 83.0 Å². The first-order chi connectivity index (χ1) is 31.2. The molecule has 2 unspecified atom stereocenters. The lowest BCUT2D eigenvalue weighted by Crippen LogP contribution is -2.51. The Hall–Kier alpha value is -6.22. The topological polar surface area (TPSA) is 184 Å². The average molecular weight is 885 g/mol. The Morgan fingerprint density at radius 1 is 0.692 bits per heavy atom. The molecule has 15 nitrogen and oxygen atoms in total. The summed E-state index contributed by atoms with van der Waals surface area (Å²) >= 11 is 0. The molecule has 342 valence electrons. The fourth-order valence-electron chi connectivity index (χ4n) is 10.6. The molecule has 2 aromatic heterocycles. The SMILES string of the molecule is COC(=O)N[C@H](C(=O)N1C[C@@H](C)C[C@H]1c1ncc(-c2ccc(-c3ccc(-c4ccc5nc([C@@H]6C[C@H](C)CN6C(=O)[C@@H](NC(=O)OC)C(C)C)[nH]c5c4)c4c3C3CCC4O3)cc2)[nH]1)C(C)C. The highest BCUT2D eigenvalue weighted by Gasteiger charge is 2.43. The van der Waals surface area contributed by atoms with Gasteiger partial charge in [-0.3, -0.25) is 9.59 Å². The molecule has 65 heavy (non-hydrogen) atoms. The Labute approximate surface area is 379 Å². The van der Waals surface area contributed by atoms with Gasteiger partial charge in [0.15, 0.2) is 0 Å². The number of benzene rings is 3. The van der Waals surface area contributed by atoms with Crippen LogP contribution in [0.1, 0.15) is 114 Å². The monoisotopic (exact) mass is 884 g/mol. The number of fused-ring (bicyclic) bond motifs is 6. The molecule has 4 amide bonds.